The number of rotatable bonds is 7. The smallest absolute Gasteiger partial charge is 0.269 e. The fraction of sp³-hybridized carbons (Fsp3) is 0.364. The lowest BCUT2D eigenvalue weighted by Crippen LogP contribution is -2.50. The molecular weight excluding hydrogens is 400 g/mol. The first-order valence-electron chi connectivity index (χ1n) is 9.86. The highest BCUT2D eigenvalue weighted by Crippen LogP contribution is 2.22. The highest BCUT2D eigenvalue weighted by Gasteiger charge is 2.32. The van der Waals surface area contributed by atoms with Gasteiger partial charge in [0.05, 0.1) is 12.6 Å². The van der Waals surface area contributed by atoms with Crippen molar-refractivity contribution in [1.29, 1.82) is 0 Å². The average molecular weight is 427 g/mol. The van der Waals surface area contributed by atoms with E-state index < -0.39 is 12.1 Å². The van der Waals surface area contributed by atoms with Gasteiger partial charge in [-0.1, -0.05) is 38.1 Å². The Kier molecular flexibility index (Phi) is 6.99. The van der Waals surface area contributed by atoms with Gasteiger partial charge in [0, 0.05) is 12.6 Å². The van der Waals surface area contributed by atoms with E-state index in [2.05, 4.69) is 15.7 Å². The van der Waals surface area contributed by atoms with E-state index in [9.17, 15) is 14.4 Å². The number of likely N-dealkylation sites (N-methyl/N-ethyl adjacent to an activating group) is 1. The summed E-state index contributed by atoms with van der Waals surface area (Å²) in [5.74, 6) is -0.754. The molecule has 7 nitrogen and oxygen atoms in total. The van der Waals surface area contributed by atoms with Gasteiger partial charge in [0.1, 0.15) is 12.1 Å². The van der Waals surface area contributed by atoms with E-state index in [4.69, 9.17) is 0 Å². The van der Waals surface area contributed by atoms with Gasteiger partial charge in [0.2, 0.25) is 11.8 Å². The second kappa shape index (κ2) is 9.67. The number of nitrogens with zero attached hydrogens (tertiary/aromatic N) is 2. The summed E-state index contributed by atoms with van der Waals surface area (Å²) in [6.07, 6.45) is 2.29. The van der Waals surface area contributed by atoms with Crippen molar-refractivity contribution in [2.24, 2.45) is 11.0 Å². The van der Waals surface area contributed by atoms with E-state index in [1.807, 2.05) is 48.9 Å². The summed E-state index contributed by atoms with van der Waals surface area (Å²) in [6.45, 7) is 3.97. The summed E-state index contributed by atoms with van der Waals surface area (Å²) in [5, 5.41) is 14.8. The summed E-state index contributed by atoms with van der Waals surface area (Å²) in [5.41, 5.74) is 2.35. The molecule has 0 spiro atoms. The molecule has 8 heteroatoms. The first-order valence-corrected chi connectivity index (χ1v) is 10.8. The van der Waals surface area contributed by atoms with Gasteiger partial charge < -0.3 is 10.6 Å². The maximum atomic E-state index is 13.1. The average Bonchev–Trinajstić information content (AvgIpc) is 3.18. The van der Waals surface area contributed by atoms with Crippen LogP contribution in [0.25, 0.3) is 0 Å². The first kappa shape index (κ1) is 21.7. The van der Waals surface area contributed by atoms with Gasteiger partial charge in [-0.2, -0.15) is 16.4 Å². The number of thiophene rings is 1. The van der Waals surface area contributed by atoms with Gasteiger partial charge in [-0.05, 0) is 40.3 Å². The zero-order chi connectivity index (χ0) is 21.7. The van der Waals surface area contributed by atoms with Crippen molar-refractivity contribution in [3.63, 3.8) is 0 Å². The Hall–Kier alpha value is -3.00. The van der Waals surface area contributed by atoms with Crippen LogP contribution in [0.15, 0.2) is 46.2 Å². The van der Waals surface area contributed by atoms with E-state index in [0.29, 0.717) is 12.0 Å². The SMILES string of the molecule is CC(C)C[C@H](NC(=O)Cc1ccsc1)C(=O)N[C@@H]1C(=O)N(C)N=Cc2ccccc21. The molecule has 1 aromatic heterocycles. The van der Waals surface area contributed by atoms with Crippen molar-refractivity contribution in [3.05, 3.63) is 57.8 Å². The van der Waals surface area contributed by atoms with Crippen LogP contribution < -0.4 is 10.6 Å². The quantitative estimate of drug-likeness (QED) is 0.713. The lowest BCUT2D eigenvalue weighted by Gasteiger charge is -2.25. The summed E-state index contributed by atoms with van der Waals surface area (Å²) >= 11 is 1.52. The Morgan fingerprint density at radius 2 is 2.00 bits per heavy atom. The second-order valence-electron chi connectivity index (χ2n) is 7.73. The Morgan fingerprint density at radius 3 is 2.70 bits per heavy atom. The van der Waals surface area contributed by atoms with Crippen LogP contribution in [-0.2, 0) is 20.8 Å². The molecule has 2 heterocycles. The van der Waals surface area contributed by atoms with Crippen LogP contribution in [0.4, 0.5) is 0 Å². The predicted molar refractivity (Wildman–Crippen MR) is 117 cm³/mol. The molecule has 2 atom stereocenters. The van der Waals surface area contributed by atoms with Crippen molar-refractivity contribution in [2.75, 3.05) is 7.05 Å². The fourth-order valence-corrected chi connectivity index (χ4v) is 3.99. The minimum Gasteiger partial charge on any atom is -0.344 e. The van der Waals surface area contributed by atoms with Crippen LogP contribution >= 0.6 is 11.3 Å². The van der Waals surface area contributed by atoms with E-state index in [0.717, 1.165) is 11.1 Å². The summed E-state index contributed by atoms with van der Waals surface area (Å²) in [6, 6.07) is 7.60. The monoisotopic (exact) mass is 426 g/mol. The van der Waals surface area contributed by atoms with E-state index in [1.54, 1.807) is 19.3 Å². The molecule has 0 bridgehead atoms. The van der Waals surface area contributed by atoms with E-state index in [1.165, 1.54) is 16.3 Å². The van der Waals surface area contributed by atoms with Crippen LogP contribution in [0, 0.1) is 5.92 Å². The number of carbonyl (C=O) groups is 3. The molecule has 0 radical (unpaired) electrons. The third kappa shape index (κ3) is 5.33. The van der Waals surface area contributed by atoms with Gasteiger partial charge in [-0.3, -0.25) is 14.4 Å². The minimum atomic E-state index is -0.871. The second-order valence-corrected chi connectivity index (χ2v) is 8.51. The maximum Gasteiger partial charge on any atom is 0.269 e. The number of hydrazone groups is 1. The number of carbonyl (C=O) groups excluding carboxylic acids is 3. The number of amides is 3. The molecule has 1 aromatic carbocycles. The third-order valence-electron chi connectivity index (χ3n) is 4.83. The molecule has 0 aliphatic carbocycles. The van der Waals surface area contributed by atoms with Gasteiger partial charge in [0.25, 0.3) is 5.91 Å². The molecular formula is C22H26N4O3S. The summed E-state index contributed by atoms with van der Waals surface area (Å²) in [4.78, 5) is 38.4. The van der Waals surface area contributed by atoms with Crippen LogP contribution in [0.2, 0.25) is 0 Å². The number of nitrogens with one attached hydrogen (secondary N) is 2. The van der Waals surface area contributed by atoms with Gasteiger partial charge in [0.15, 0.2) is 0 Å². The molecule has 0 saturated heterocycles. The van der Waals surface area contributed by atoms with E-state index in [-0.39, 0.29) is 30.1 Å². The summed E-state index contributed by atoms with van der Waals surface area (Å²) < 4.78 is 0. The fourth-order valence-electron chi connectivity index (χ4n) is 3.33. The van der Waals surface area contributed by atoms with Crippen LogP contribution in [0.1, 0.15) is 43.0 Å². The standard InChI is InChI=1S/C22H26N4O3S/c1-14(2)10-18(24-19(27)11-15-8-9-30-13-15)21(28)25-20-17-7-5-4-6-16(17)12-23-26(3)22(20)29/h4-9,12-14,18,20H,10-11H2,1-3H3,(H,24,27)(H,25,28)/t18-,20-/m0/s1. The normalized spacial score (nSPS) is 16.7. The lowest BCUT2D eigenvalue weighted by atomic mass is 9.98. The minimum absolute atomic E-state index is 0.185. The zero-order valence-electron chi connectivity index (χ0n) is 17.3. The van der Waals surface area contributed by atoms with Crippen molar-refractivity contribution >= 4 is 35.3 Å². The third-order valence-corrected chi connectivity index (χ3v) is 5.57. The number of fused-ring (bicyclic) bond motifs is 1. The molecule has 2 N–H and O–H groups in total. The largest absolute Gasteiger partial charge is 0.344 e. The van der Waals surface area contributed by atoms with Crippen molar-refractivity contribution in [3.8, 4) is 0 Å². The van der Waals surface area contributed by atoms with Gasteiger partial charge in [-0.15, -0.1) is 0 Å². The number of hydrogen-bond acceptors (Lipinski definition) is 5. The summed E-state index contributed by atoms with van der Waals surface area (Å²) in [7, 11) is 1.55. The topological polar surface area (TPSA) is 90.9 Å². The molecule has 3 rings (SSSR count). The molecule has 30 heavy (non-hydrogen) atoms. The molecule has 1 aliphatic heterocycles. The Bertz CT molecular complexity index is 940. The van der Waals surface area contributed by atoms with Crippen molar-refractivity contribution in [1.82, 2.24) is 15.6 Å². The van der Waals surface area contributed by atoms with Gasteiger partial charge >= 0.3 is 0 Å². The lowest BCUT2D eigenvalue weighted by molar-refractivity contribution is -0.136. The Balaban J connectivity index is 1.77. The van der Waals surface area contributed by atoms with Crippen molar-refractivity contribution in [2.45, 2.75) is 38.8 Å². The molecule has 2 aromatic rings. The van der Waals surface area contributed by atoms with Crippen LogP contribution in [0.3, 0.4) is 0 Å². The molecule has 1 aliphatic rings. The zero-order valence-corrected chi connectivity index (χ0v) is 18.1. The predicted octanol–water partition coefficient (Wildman–Crippen LogP) is 2.48. The van der Waals surface area contributed by atoms with Crippen LogP contribution in [-0.4, -0.2) is 42.0 Å². The van der Waals surface area contributed by atoms with Crippen molar-refractivity contribution < 1.29 is 14.4 Å². The Labute approximate surface area is 180 Å². The highest BCUT2D eigenvalue weighted by atomic mass is 32.1. The molecule has 0 saturated carbocycles. The number of hydrogen-bond donors (Lipinski definition) is 2. The highest BCUT2D eigenvalue weighted by molar-refractivity contribution is 7.08. The first-order chi connectivity index (χ1) is 14.3. The van der Waals surface area contributed by atoms with Crippen LogP contribution in [0.5, 0.6) is 0 Å². The number of benzene rings is 1. The Morgan fingerprint density at radius 1 is 1.23 bits per heavy atom. The van der Waals surface area contributed by atoms with Gasteiger partial charge in [-0.25, -0.2) is 5.01 Å². The van der Waals surface area contributed by atoms with E-state index >= 15 is 0 Å². The molecule has 0 unspecified atom stereocenters. The maximum absolute atomic E-state index is 13.1. The molecule has 158 valence electrons. The molecule has 3 amide bonds. The molecule has 0 fully saturated rings.